The van der Waals surface area contributed by atoms with Gasteiger partial charge in [-0.3, -0.25) is 9.59 Å². The number of amides is 2. The van der Waals surface area contributed by atoms with Crippen LogP contribution in [0.3, 0.4) is 0 Å². The van der Waals surface area contributed by atoms with E-state index in [4.69, 9.17) is 0 Å². The quantitative estimate of drug-likeness (QED) is 0.793. The van der Waals surface area contributed by atoms with E-state index in [2.05, 4.69) is 22.2 Å². The first kappa shape index (κ1) is 18.3. The monoisotopic (exact) mass is 390 g/mol. The number of hydrogen-bond acceptors (Lipinski definition) is 6. The summed E-state index contributed by atoms with van der Waals surface area (Å²) in [6, 6.07) is -0.272. The summed E-state index contributed by atoms with van der Waals surface area (Å²) in [7, 11) is 0. The third kappa shape index (κ3) is 3.69. The van der Waals surface area contributed by atoms with Crippen molar-refractivity contribution in [2.24, 2.45) is 5.92 Å². The highest BCUT2D eigenvalue weighted by atomic mass is 32.1. The molecule has 8 nitrogen and oxygen atoms in total. The molecule has 2 aromatic rings. The molecular weight excluding hydrogens is 364 g/mol. The average molecular weight is 391 g/mol. The lowest BCUT2D eigenvalue weighted by atomic mass is 9.98. The Morgan fingerprint density at radius 1 is 1.15 bits per heavy atom. The molecule has 0 aromatic carbocycles. The molecule has 9 heteroatoms. The van der Waals surface area contributed by atoms with E-state index in [9.17, 15) is 9.59 Å². The Hall–Kier alpha value is -2.03. The van der Waals surface area contributed by atoms with Gasteiger partial charge in [0.15, 0.2) is 5.82 Å². The number of carbonyl (C=O) groups excluding carboxylic acids is 2. The van der Waals surface area contributed by atoms with Crippen LogP contribution in [0.5, 0.6) is 0 Å². The average Bonchev–Trinajstić information content (AvgIpc) is 3.37. The Balaban J connectivity index is 1.36. The van der Waals surface area contributed by atoms with Gasteiger partial charge in [-0.05, 0) is 38.5 Å². The Morgan fingerprint density at radius 2 is 1.93 bits per heavy atom. The summed E-state index contributed by atoms with van der Waals surface area (Å²) in [5.74, 6) is 1.63. The van der Waals surface area contributed by atoms with Gasteiger partial charge in [0.25, 0.3) is 0 Å². The predicted molar refractivity (Wildman–Crippen MR) is 101 cm³/mol. The lowest BCUT2D eigenvalue weighted by Gasteiger charge is -2.34. The number of rotatable bonds is 4. The van der Waals surface area contributed by atoms with Crippen molar-refractivity contribution in [2.75, 3.05) is 19.6 Å². The fraction of sp³-hybridized carbons (Fsp3) is 0.722. The van der Waals surface area contributed by atoms with Gasteiger partial charge in [-0.1, -0.05) is 18.3 Å². The van der Waals surface area contributed by atoms with Gasteiger partial charge in [0, 0.05) is 32.5 Å². The zero-order chi connectivity index (χ0) is 19.0. The Labute approximate surface area is 162 Å². The van der Waals surface area contributed by atoms with Crippen LogP contribution in [-0.2, 0) is 16.0 Å². The first-order valence-corrected chi connectivity index (χ1v) is 10.6. The van der Waals surface area contributed by atoms with Gasteiger partial charge in [-0.15, -0.1) is 10.2 Å². The summed E-state index contributed by atoms with van der Waals surface area (Å²) < 4.78 is 1.71. The molecule has 0 N–H and O–H groups in total. The third-order valence-corrected chi connectivity index (χ3v) is 6.65. The van der Waals surface area contributed by atoms with Crippen molar-refractivity contribution >= 4 is 28.1 Å². The second-order valence-electron chi connectivity index (χ2n) is 7.69. The molecule has 2 aliphatic heterocycles. The van der Waals surface area contributed by atoms with Crippen molar-refractivity contribution in [1.29, 1.82) is 0 Å². The lowest BCUT2D eigenvalue weighted by molar-refractivity contribution is -0.144. The number of hydrogen-bond donors (Lipinski definition) is 0. The van der Waals surface area contributed by atoms with E-state index in [0.717, 1.165) is 54.6 Å². The zero-order valence-electron chi connectivity index (χ0n) is 15.9. The molecule has 2 saturated heterocycles. The first-order valence-electron chi connectivity index (χ1n) is 9.79. The van der Waals surface area contributed by atoms with Crippen LogP contribution in [0.25, 0.3) is 4.96 Å². The van der Waals surface area contributed by atoms with Gasteiger partial charge >= 0.3 is 0 Å². The van der Waals surface area contributed by atoms with Crippen molar-refractivity contribution in [2.45, 2.75) is 58.4 Å². The molecule has 27 heavy (non-hydrogen) atoms. The molecular formula is C18H26N6O2S. The Morgan fingerprint density at radius 3 is 2.67 bits per heavy atom. The third-order valence-electron chi connectivity index (χ3n) is 5.69. The normalized spacial score (nSPS) is 21.3. The molecule has 0 saturated carbocycles. The van der Waals surface area contributed by atoms with Crippen molar-refractivity contribution < 1.29 is 9.59 Å². The number of likely N-dealkylation sites (tertiary alicyclic amines) is 2. The van der Waals surface area contributed by atoms with Crippen LogP contribution in [-0.4, -0.2) is 67.1 Å². The van der Waals surface area contributed by atoms with Gasteiger partial charge in [0.1, 0.15) is 11.0 Å². The predicted octanol–water partition coefficient (Wildman–Crippen LogP) is 1.68. The minimum Gasteiger partial charge on any atom is -0.341 e. The van der Waals surface area contributed by atoms with Gasteiger partial charge in [0.05, 0.1) is 0 Å². The highest BCUT2D eigenvalue weighted by molar-refractivity contribution is 7.16. The largest absolute Gasteiger partial charge is 0.341 e. The number of carbonyl (C=O) groups is 2. The molecule has 0 bridgehead atoms. The number of aryl methyl sites for hydroxylation is 2. The van der Waals surface area contributed by atoms with E-state index in [1.807, 2.05) is 11.8 Å². The van der Waals surface area contributed by atoms with Crippen molar-refractivity contribution in [1.82, 2.24) is 29.6 Å². The maximum atomic E-state index is 12.9. The van der Waals surface area contributed by atoms with E-state index < -0.39 is 0 Å². The molecule has 0 radical (unpaired) electrons. The molecule has 4 heterocycles. The van der Waals surface area contributed by atoms with E-state index >= 15 is 0 Å². The van der Waals surface area contributed by atoms with Crippen LogP contribution in [0.15, 0.2) is 0 Å². The molecule has 4 rings (SSSR count). The molecule has 1 atom stereocenters. The molecule has 2 aromatic heterocycles. The molecule has 1 unspecified atom stereocenters. The fourth-order valence-corrected chi connectivity index (χ4v) is 4.85. The SMILES string of the molecule is Cc1nnc2sc(CCC(=O)N3CCCC3C(=O)N3CCC(C)CC3)nn12. The number of fused-ring (bicyclic) bond motifs is 1. The van der Waals surface area contributed by atoms with Crippen LogP contribution < -0.4 is 0 Å². The van der Waals surface area contributed by atoms with Crippen molar-refractivity contribution in [3.05, 3.63) is 10.8 Å². The molecule has 0 spiro atoms. The van der Waals surface area contributed by atoms with Crippen LogP contribution in [0.2, 0.25) is 0 Å². The summed E-state index contributed by atoms with van der Waals surface area (Å²) in [6.07, 6.45) is 4.77. The summed E-state index contributed by atoms with van der Waals surface area (Å²) in [6.45, 7) is 6.43. The smallest absolute Gasteiger partial charge is 0.245 e. The van der Waals surface area contributed by atoms with E-state index in [1.54, 1.807) is 9.42 Å². The fourth-order valence-electron chi connectivity index (χ4n) is 3.97. The minimum absolute atomic E-state index is 0.0546. The second-order valence-corrected chi connectivity index (χ2v) is 8.73. The first-order chi connectivity index (χ1) is 13.0. The van der Waals surface area contributed by atoms with E-state index in [0.29, 0.717) is 25.3 Å². The number of nitrogens with zero attached hydrogens (tertiary/aromatic N) is 6. The molecule has 2 fully saturated rings. The second kappa shape index (κ2) is 7.53. The topological polar surface area (TPSA) is 83.7 Å². The minimum atomic E-state index is -0.272. The van der Waals surface area contributed by atoms with E-state index in [1.165, 1.54) is 11.3 Å². The zero-order valence-corrected chi connectivity index (χ0v) is 16.7. The lowest BCUT2D eigenvalue weighted by Crippen LogP contribution is -2.49. The molecule has 2 amide bonds. The summed E-state index contributed by atoms with van der Waals surface area (Å²) >= 11 is 1.46. The highest BCUT2D eigenvalue weighted by Gasteiger charge is 2.37. The van der Waals surface area contributed by atoms with Gasteiger partial charge in [-0.25, -0.2) is 0 Å². The van der Waals surface area contributed by atoms with Crippen LogP contribution >= 0.6 is 11.3 Å². The Bertz CT molecular complexity index is 838. The van der Waals surface area contributed by atoms with Gasteiger partial charge in [-0.2, -0.15) is 9.61 Å². The maximum Gasteiger partial charge on any atom is 0.245 e. The maximum absolute atomic E-state index is 12.9. The van der Waals surface area contributed by atoms with Crippen LogP contribution in [0.4, 0.5) is 0 Å². The van der Waals surface area contributed by atoms with Gasteiger partial charge in [0.2, 0.25) is 16.8 Å². The van der Waals surface area contributed by atoms with Crippen molar-refractivity contribution in [3.8, 4) is 0 Å². The molecule has 2 aliphatic rings. The van der Waals surface area contributed by atoms with Crippen LogP contribution in [0.1, 0.15) is 49.9 Å². The molecule has 146 valence electrons. The standard InChI is InChI=1S/C18H26N6O2S/c1-12-7-10-22(11-8-12)17(26)14-4-3-9-23(14)16(25)6-5-15-21-24-13(2)19-20-18(24)27-15/h12,14H,3-11H2,1-2H3. The number of aromatic nitrogens is 4. The Kier molecular flexibility index (Phi) is 5.12. The van der Waals surface area contributed by atoms with Crippen molar-refractivity contribution in [3.63, 3.8) is 0 Å². The molecule has 0 aliphatic carbocycles. The number of piperidine rings is 1. The van der Waals surface area contributed by atoms with E-state index in [-0.39, 0.29) is 17.9 Å². The summed E-state index contributed by atoms with van der Waals surface area (Å²) in [5.41, 5.74) is 0. The van der Waals surface area contributed by atoms with Crippen LogP contribution in [0, 0.1) is 12.8 Å². The summed E-state index contributed by atoms with van der Waals surface area (Å²) in [4.78, 5) is 30.2. The highest BCUT2D eigenvalue weighted by Crippen LogP contribution is 2.24. The van der Waals surface area contributed by atoms with Gasteiger partial charge < -0.3 is 9.80 Å². The summed E-state index contributed by atoms with van der Waals surface area (Å²) in [5, 5.41) is 13.4.